The molecule has 1 saturated carbocycles. The smallest absolute Gasteiger partial charge is 0.315 e. The number of nitriles is 1. The van der Waals surface area contributed by atoms with Crippen molar-refractivity contribution in [1.82, 2.24) is 0 Å². The van der Waals surface area contributed by atoms with Crippen LogP contribution < -0.4 is 0 Å². The summed E-state index contributed by atoms with van der Waals surface area (Å²) in [6.45, 7) is 3.64. The van der Waals surface area contributed by atoms with Crippen molar-refractivity contribution < 1.29 is 17.9 Å². The van der Waals surface area contributed by atoms with Crippen molar-refractivity contribution in [2.45, 2.75) is 50.7 Å². The van der Waals surface area contributed by atoms with Gasteiger partial charge in [-0.15, -0.1) is 6.58 Å². The molecule has 0 amide bonds. The van der Waals surface area contributed by atoms with Gasteiger partial charge < -0.3 is 4.74 Å². The van der Waals surface area contributed by atoms with E-state index in [-0.39, 0.29) is 17.7 Å². The molecule has 0 N–H and O–H groups in total. The molecule has 29 heavy (non-hydrogen) atoms. The van der Waals surface area contributed by atoms with E-state index in [0.29, 0.717) is 17.4 Å². The third kappa shape index (κ3) is 5.71. The van der Waals surface area contributed by atoms with Gasteiger partial charge in [-0.05, 0) is 66.3 Å². The van der Waals surface area contributed by atoms with Gasteiger partial charge >= 0.3 is 6.11 Å². The zero-order valence-corrected chi connectivity index (χ0v) is 16.2. The average molecular weight is 399 g/mol. The zero-order chi connectivity index (χ0) is 20.9. The summed E-state index contributed by atoms with van der Waals surface area (Å²) in [5.41, 5.74) is 1.81. The van der Waals surface area contributed by atoms with Crippen LogP contribution in [0.25, 0.3) is 0 Å². The van der Waals surface area contributed by atoms with Crippen LogP contribution >= 0.6 is 0 Å². The van der Waals surface area contributed by atoms with Gasteiger partial charge in [0.25, 0.3) is 0 Å². The fourth-order valence-electron chi connectivity index (χ4n) is 3.81. The predicted octanol–water partition coefficient (Wildman–Crippen LogP) is 6.51. The molecule has 2 aromatic rings. The summed E-state index contributed by atoms with van der Waals surface area (Å²) in [6, 6.07) is 12.8. The van der Waals surface area contributed by atoms with E-state index in [0.717, 1.165) is 31.7 Å². The second kappa shape index (κ2) is 9.28. The van der Waals surface area contributed by atoms with Crippen LogP contribution in [-0.2, 0) is 17.8 Å². The number of rotatable bonds is 7. The number of hydrogen-bond acceptors (Lipinski definition) is 2. The third-order valence-electron chi connectivity index (χ3n) is 5.57. The van der Waals surface area contributed by atoms with Crippen LogP contribution in [0.15, 0.2) is 55.1 Å². The summed E-state index contributed by atoms with van der Waals surface area (Å²) < 4.78 is 46.7. The van der Waals surface area contributed by atoms with E-state index in [1.807, 2.05) is 30.3 Å². The molecule has 1 aliphatic carbocycles. The molecule has 0 atom stereocenters. The lowest BCUT2D eigenvalue weighted by molar-refractivity contribution is -0.244. The fourth-order valence-corrected chi connectivity index (χ4v) is 3.81. The maximum atomic E-state index is 14.1. The summed E-state index contributed by atoms with van der Waals surface area (Å²) in [7, 11) is 0. The number of halogens is 3. The quantitative estimate of drug-likeness (QED) is 0.497. The Labute approximate surface area is 169 Å². The van der Waals surface area contributed by atoms with E-state index >= 15 is 0 Å². The number of ether oxygens (including phenoxy) is 1. The second-order valence-electron chi connectivity index (χ2n) is 7.62. The summed E-state index contributed by atoms with van der Waals surface area (Å²) in [5, 5.41) is 8.71. The molecule has 0 aliphatic heterocycles. The Morgan fingerprint density at radius 2 is 1.72 bits per heavy atom. The van der Waals surface area contributed by atoms with Crippen molar-refractivity contribution in [2.24, 2.45) is 5.92 Å². The molecule has 152 valence electrons. The molecule has 3 rings (SSSR count). The van der Waals surface area contributed by atoms with E-state index in [9.17, 15) is 13.2 Å². The zero-order valence-electron chi connectivity index (χ0n) is 16.2. The van der Waals surface area contributed by atoms with Gasteiger partial charge in [-0.2, -0.15) is 14.0 Å². The standard InChI is InChI=1S/C24H24F3NO/c1-2-17-3-8-20(9-4-17)21-10-5-18(6-11-21)16-29-24(26,27)14-19-7-12-22(15-28)23(25)13-19/h2,5-7,10-13,17,20H,1,3-4,8-9,14,16H2. The van der Waals surface area contributed by atoms with Crippen molar-refractivity contribution >= 4 is 0 Å². The first kappa shape index (κ1) is 21.1. The van der Waals surface area contributed by atoms with E-state index < -0.39 is 18.3 Å². The first-order valence-electron chi connectivity index (χ1n) is 9.82. The van der Waals surface area contributed by atoms with Gasteiger partial charge in [0, 0.05) is 0 Å². The Hall–Kier alpha value is -2.58. The molecule has 2 aromatic carbocycles. The topological polar surface area (TPSA) is 33.0 Å². The van der Waals surface area contributed by atoms with Crippen molar-refractivity contribution in [3.8, 4) is 6.07 Å². The van der Waals surface area contributed by atoms with Crippen LogP contribution in [0.3, 0.4) is 0 Å². The van der Waals surface area contributed by atoms with Crippen molar-refractivity contribution in [1.29, 1.82) is 5.26 Å². The Morgan fingerprint density at radius 3 is 2.31 bits per heavy atom. The van der Waals surface area contributed by atoms with Gasteiger partial charge in [-0.3, -0.25) is 0 Å². The summed E-state index contributed by atoms with van der Waals surface area (Å²) in [5.74, 6) is 0.304. The first-order chi connectivity index (χ1) is 13.9. The summed E-state index contributed by atoms with van der Waals surface area (Å²) in [4.78, 5) is 0. The molecule has 0 radical (unpaired) electrons. The van der Waals surface area contributed by atoms with E-state index in [1.54, 1.807) is 6.07 Å². The SMILES string of the molecule is C=CC1CCC(c2ccc(COC(F)(F)Cc3ccc(C#N)c(F)c3)cc2)CC1. The fraction of sp³-hybridized carbons (Fsp3) is 0.375. The van der Waals surface area contributed by atoms with Crippen molar-refractivity contribution in [2.75, 3.05) is 0 Å². The number of allylic oxidation sites excluding steroid dienone is 1. The van der Waals surface area contributed by atoms with Gasteiger partial charge in [-0.1, -0.05) is 36.4 Å². The van der Waals surface area contributed by atoms with Crippen LogP contribution in [-0.4, -0.2) is 6.11 Å². The van der Waals surface area contributed by atoms with Gasteiger partial charge in [0.05, 0.1) is 18.6 Å². The number of benzene rings is 2. The molecule has 0 heterocycles. The van der Waals surface area contributed by atoms with Crippen LogP contribution in [0.2, 0.25) is 0 Å². The lowest BCUT2D eigenvalue weighted by Crippen LogP contribution is -2.24. The minimum absolute atomic E-state index is 0.0805. The molecule has 0 spiro atoms. The highest BCUT2D eigenvalue weighted by molar-refractivity contribution is 5.33. The predicted molar refractivity (Wildman–Crippen MR) is 106 cm³/mol. The van der Waals surface area contributed by atoms with Crippen LogP contribution in [0.4, 0.5) is 13.2 Å². The van der Waals surface area contributed by atoms with Crippen molar-refractivity contribution in [3.63, 3.8) is 0 Å². The Balaban J connectivity index is 1.54. The van der Waals surface area contributed by atoms with Crippen LogP contribution in [0, 0.1) is 23.1 Å². The number of hydrogen-bond donors (Lipinski definition) is 0. The molecule has 0 unspecified atom stereocenters. The van der Waals surface area contributed by atoms with Crippen LogP contribution in [0.5, 0.6) is 0 Å². The van der Waals surface area contributed by atoms with Gasteiger partial charge in [0.2, 0.25) is 0 Å². The maximum Gasteiger partial charge on any atom is 0.360 e. The molecular weight excluding hydrogens is 375 g/mol. The molecule has 5 heteroatoms. The Bertz CT molecular complexity index is 878. The average Bonchev–Trinajstić information content (AvgIpc) is 2.73. The molecule has 2 nitrogen and oxygen atoms in total. The molecule has 1 fully saturated rings. The number of nitrogens with zero attached hydrogens (tertiary/aromatic N) is 1. The molecule has 0 bridgehead atoms. The largest absolute Gasteiger partial charge is 0.360 e. The summed E-state index contributed by atoms with van der Waals surface area (Å²) in [6.07, 6.45) is 2.37. The number of alkyl halides is 2. The molecular formula is C24H24F3NO. The molecule has 1 aliphatic rings. The third-order valence-corrected chi connectivity index (χ3v) is 5.57. The van der Waals surface area contributed by atoms with Gasteiger partial charge in [0.15, 0.2) is 0 Å². The minimum Gasteiger partial charge on any atom is -0.315 e. The summed E-state index contributed by atoms with van der Waals surface area (Å²) >= 11 is 0. The maximum absolute atomic E-state index is 14.1. The van der Waals surface area contributed by atoms with Crippen LogP contribution in [0.1, 0.15) is 53.9 Å². The molecule has 0 aromatic heterocycles. The highest BCUT2D eigenvalue weighted by atomic mass is 19.3. The lowest BCUT2D eigenvalue weighted by Gasteiger charge is -2.27. The van der Waals surface area contributed by atoms with Gasteiger partial charge in [0.1, 0.15) is 11.9 Å². The van der Waals surface area contributed by atoms with E-state index in [4.69, 9.17) is 10.00 Å². The highest BCUT2D eigenvalue weighted by Gasteiger charge is 2.31. The minimum atomic E-state index is -3.43. The molecule has 0 saturated heterocycles. The monoisotopic (exact) mass is 399 g/mol. The first-order valence-corrected chi connectivity index (χ1v) is 9.82. The lowest BCUT2D eigenvalue weighted by atomic mass is 9.79. The Morgan fingerprint density at radius 1 is 1.07 bits per heavy atom. The van der Waals surface area contributed by atoms with E-state index in [1.165, 1.54) is 17.7 Å². The van der Waals surface area contributed by atoms with E-state index in [2.05, 4.69) is 6.58 Å². The Kier molecular flexibility index (Phi) is 6.76. The van der Waals surface area contributed by atoms with Crippen molar-refractivity contribution in [3.05, 3.63) is 83.2 Å². The van der Waals surface area contributed by atoms with Gasteiger partial charge in [-0.25, -0.2) is 4.39 Å². The highest BCUT2D eigenvalue weighted by Crippen LogP contribution is 2.36. The second-order valence-corrected chi connectivity index (χ2v) is 7.62. The normalized spacial score (nSPS) is 19.5.